The Hall–Kier alpha value is -1.71. The molecule has 1 heterocycles. The van der Waals surface area contributed by atoms with Crippen molar-refractivity contribution in [3.8, 4) is 0 Å². The third-order valence-electron chi connectivity index (χ3n) is 3.66. The summed E-state index contributed by atoms with van der Waals surface area (Å²) >= 11 is 0. The zero-order chi connectivity index (χ0) is 11.8. The van der Waals surface area contributed by atoms with Crippen LogP contribution < -0.4 is 5.56 Å². The molecule has 88 valence electrons. The highest BCUT2D eigenvalue weighted by Gasteiger charge is 2.17. The zero-order valence-electron chi connectivity index (χ0n) is 9.89. The topological polar surface area (TPSA) is 47.8 Å². The van der Waals surface area contributed by atoms with E-state index < -0.39 is 0 Å². The van der Waals surface area contributed by atoms with Crippen molar-refractivity contribution in [1.82, 2.24) is 15.0 Å². The van der Waals surface area contributed by atoms with E-state index in [1.807, 2.05) is 12.1 Å². The normalized spacial score (nSPS) is 16.8. The highest BCUT2D eigenvalue weighted by Crippen LogP contribution is 2.34. The van der Waals surface area contributed by atoms with Gasteiger partial charge in [0.2, 0.25) is 0 Å². The molecule has 0 bridgehead atoms. The largest absolute Gasteiger partial charge is 0.277 e. The van der Waals surface area contributed by atoms with Crippen LogP contribution in [0.4, 0.5) is 0 Å². The Morgan fingerprint density at radius 3 is 2.82 bits per heavy atom. The van der Waals surface area contributed by atoms with Gasteiger partial charge in [0.25, 0.3) is 5.56 Å². The van der Waals surface area contributed by atoms with Crippen LogP contribution in [0.3, 0.4) is 0 Å². The first-order valence-corrected chi connectivity index (χ1v) is 6.09. The van der Waals surface area contributed by atoms with E-state index in [9.17, 15) is 4.79 Å². The third kappa shape index (κ3) is 1.73. The summed E-state index contributed by atoms with van der Waals surface area (Å²) in [7, 11) is 1.64. The first-order valence-electron chi connectivity index (χ1n) is 6.09. The van der Waals surface area contributed by atoms with Gasteiger partial charge in [-0.25, -0.2) is 4.68 Å². The van der Waals surface area contributed by atoms with E-state index in [4.69, 9.17) is 0 Å². The Morgan fingerprint density at radius 2 is 2.06 bits per heavy atom. The molecule has 17 heavy (non-hydrogen) atoms. The summed E-state index contributed by atoms with van der Waals surface area (Å²) in [5.41, 5.74) is 1.91. The SMILES string of the molecule is Cn1nnc2ccc(C3CCCC3)cc2c1=O. The maximum absolute atomic E-state index is 12.0. The van der Waals surface area contributed by atoms with E-state index in [1.165, 1.54) is 35.9 Å². The van der Waals surface area contributed by atoms with Gasteiger partial charge in [-0.3, -0.25) is 4.79 Å². The zero-order valence-corrected chi connectivity index (χ0v) is 9.89. The average molecular weight is 229 g/mol. The molecule has 1 aliphatic carbocycles. The molecule has 0 N–H and O–H groups in total. The molecule has 4 nitrogen and oxygen atoms in total. The average Bonchev–Trinajstić information content (AvgIpc) is 2.87. The molecule has 1 fully saturated rings. The fraction of sp³-hybridized carbons (Fsp3) is 0.462. The molecule has 4 heteroatoms. The van der Waals surface area contributed by atoms with Gasteiger partial charge in [-0.1, -0.05) is 24.1 Å². The van der Waals surface area contributed by atoms with Gasteiger partial charge in [-0.15, -0.1) is 5.10 Å². The highest BCUT2D eigenvalue weighted by atomic mass is 16.1. The predicted molar refractivity (Wildman–Crippen MR) is 66.0 cm³/mol. The van der Waals surface area contributed by atoms with Crippen LogP contribution in [-0.2, 0) is 7.05 Å². The Balaban J connectivity index is 2.17. The van der Waals surface area contributed by atoms with Gasteiger partial charge < -0.3 is 0 Å². The monoisotopic (exact) mass is 229 g/mol. The molecule has 1 saturated carbocycles. The Kier molecular flexibility index (Phi) is 2.42. The smallest absolute Gasteiger partial charge is 0.267 e. The molecule has 0 aliphatic heterocycles. The van der Waals surface area contributed by atoms with E-state index in [2.05, 4.69) is 16.4 Å². The van der Waals surface area contributed by atoms with Crippen molar-refractivity contribution in [2.45, 2.75) is 31.6 Å². The van der Waals surface area contributed by atoms with Crippen LogP contribution in [0.15, 0.2) is 23.0 Å². The molecule has 0 unspecified atom stereocenters. The fourth-order valence-corrected chi connectivity index (χ4v) is 2.66. The van der Waals surface area contributed by atoms with E-state index in [0.29, 0.717) is 16.8 Å². The summed E-state index contributed by atoms with van der Waals surface area (Å²) in [6.45, 7) is 0. The molecular weight excluding hydrogens is 214 g/mol. The van der Waals surface area contributed by atoms with Crippen LogP contribution in [0.5, 0.6) is 0 Å². The van der Waals surface area contributed by atoms with E-state index in [0.717, 1.165) is 0 Å². The predicted octanol–water partition coefficient (Wildman–Crippen LogP) is 1.99. The first kappa shape index (κ1) is 10.4. The number of fused-ring (bicyclic) bond motifs is 1. The number of hydrogen-bond donors (Lipinski definition) is 0. The number of benzene rings is 1. The minimum Gasteiger partial charge on any atom is -0.267 e. The molecular formula is C13H15N3O. The van der Waals surface area contributed by atoms with Crippen molar-refractivity contribution < 1.29 is 0 Å². The number of aromatic nitrogens is 3. The highest BCUT2D eigenvalue weighted by molar-refractivity contribution is 5.77. The van der Waals surface area contributed by atoms with Gasteiger partial charge in [0.15, 0.2) is 0 Å². The number of nitrogens with zero attached hydrogens (tertiary/aromatic N) is 3. The summed E-state index contributed by atoms with van der Waals surface area (Å²) in [4.78, 5) is 12.0. The van der Waals surface area contributed by atoms with E-state index in [-0.39, 0.29) is 5.56 Å². The molecule has 2 aromatic rings. The van der Waals surface area contributed by atoms with E-state index >= 15 is 0 Å². The molecule has 0 radical (unpaired) electrons. The summed E-state index contributed by atoms with van der Waals surface area (Å²) in [5.74, 6) is 0.622. The van der Waals surface area contributed by atoms with Crippen molar-refractivity contribution in [3.05, 3.63) is 34.1 Å². The summed E-state index contributed by atoms with van der Waals surface area (Å²) in [6.07, 6.45) is 5.08. The molecule has 1 aromatic carbocycles. The van der Waals surface area contributed by atoms with Gasteiger partial charge in [0, 0.05) is 7.05 Å². The lowest BCUT2D eigenvalue weighted by Gasteiger charge is -2.09. The van der Waals surface area contributed by atoms with Gasteiger partial charge in [-0.05, 0) is 36.5 Å². The van der Waals surface area contributed by atoms with Gasteiger partial charge in [0.05, 0.1) is 5.39 Å². The van der Waals surface area contributed by atoms with Crippen molar-refractivity contribution in [2.75, 3.05) is 0 Å². The van der Waals surface area contributed by atoms with Crippen LogP contribution in [0.2, 0.25) is 0 Å². The maximum atomic E-state index is 12.0. The Morgan fingerprint density at radius 1 is 1.29 bits per heavy atom. The second kappa shape index (κ2) is 3.95. The Labute approximate surface area is 99.3 Å². The molecule has 3 rings (SSSR count). The lowest BCUT2D eigenvalue weighted by Crippen LogP contribution is -2.20. The molecule has 1 aliphatic rings. The molecule has 0 spiro atoms. The lowest BCUT2D eigenvalue weighted by molar-refractivity contribution is 0.656. The van der Waals surface area contributed by atoms with Crippen molar-refractivity contribution in [1.29, 1.82) is 0 Å². The second-order valence-corrected chi connectivity index (χ2v) is 4.78. The van der Waals surface area contributed by atoms with E-state index in [1.54, 1.807) is 7.05 Å². The number of hydrogen-bond acceptors (Lipinski definition) is 3. The minimum atomic E-state index is -0.0603. The van der Waals surface area contributed by atoms with Crippen LogP contribution >= 0.6 is 0 Å². The molecule has 1 aromatic heterocycles. The molecule has 0 saturated heterocycles. The summed E-state index contributed by atoms with van der Waals surface area (Å²) in [5, 5.41) is 8.50. The fourth-order valence-electron chi connectivity index (χ4n) is 2.66. The number of rotatable bonds is 1. The summed E-state index contributed by atoms with van der Waals surface area (Å²) < 4.78 is 1.29. The maximum Gasteiger partial charge on any atom is 0.277 e. The third-order valence-corrected chi connectivity index (χ3v) is 3.66. The van der Waals surface area contributed by atoms with Gasteiger partial charge in [0.1, 0.15) is 5.52 Å². The van der Waals surface area contributed by atoms with Crippen molar-refractivity contribution in [2.24, 2.45) is 7.05 Å². The first-order chi connectivity index (χ1) is 8.25. The minimum absolute atomic E-state index is 0.0603. The molecule has 0 amide bonds. The lowest BCUT2D eigenvalue weighted by atomic mass is 9.96. The van der Waals surface area contributed by atoms with Gasteiger partial charge >= 0.3 is 0 Å². The van der Waals surface area contributed by atoms with Crippen LogP contribution in [0.1, 0.15) is 37.2 Å². The van der Waals surface area contributed by atoms with Crippen molar-refractivity contribution in [3.63, 3.8) is 0 Å². The second-order valence-electron chi connectivity index (χ2n) is 4.78. The molecule has 0 atom stereocenters. The van der Waals surface area contributed by atoms with Crippen LogP contribution in [-0.4, -0.2) is 15.0 Å². The standard InChI is InChI=1S/C13H15N3O/c1-16-13(17)11-8-10(9-4-2-3-5-9)6-7-12(11)14-15-16/h6-9H,2-5H2,1H3. The quantitative estimate of drug-likeness (QED) is 0.751. The van der Waals surface area contributed by atoms with Crippen LogP contribution in [0.25, 0.3) is 10.9 Å². The number of aryl methyl sites for hydroxylation is 1. The van der Waals surface area contributed by atoms with Crippen LogP contribution in [0, 0.1) is 0 Å². The van der Waals surface area contributed by atoms with Crippen molar-refractivity contribution >= 4 is 10.9 Å². The van der Waals surface area contributed by atoms with Gasteiger partial charge in [-0.2, -0.15) is 0 Å². The Bertz CT molecular complexity index is 612. The summed E-state index contributed by atoms with van der Waals surface area (Å²) in [6, 6.07) is 6.01.